The topological polar surface area (TPSA) is 75.7 Å². The maximum Gasteiger partial charge on any atom is 0.329 e. The highest BCUT2D eigenvalue weighted by molar-refractivity contribution is 7.12. The minimum Gasteiger partial charge on any atom is -0.454 e. The summed E-state index contributed by atoms with van der Waals surface area (Å²) in [7, 11) is 0. The third-order valence-electron chi connectivity index (χ3n) is 4.30. The average molecular weight is 390 g/mol. The van der Waals surface area contributed by atoms with E-state index in [0.717, 1.165) is 0 Å². The molecule has 1 aromatic carbocycles. The van der Waals surface area contributed by atoms with E-state index in [-0.39, 0.29) is 12.5 Å². The van der Waals surface area contributed by atoms with Crippen molar-refractivity contribution < 1.29 is 23.5 Å². The van der Waals surface area contributed by atoms with Crippen LogP contribution in [-0.2, 0) is 20.9 Å². The first-order valence-electron chi connectivity index (χ1n) is 8.57. The zero-order valence-corrected chi connectivity index (χ0v) is 15.3. The van der Waals surface area contributed by atoms with Crippen molar-refractivity contribution in [2.24, 2.45) is 0 Å². The number of hydrogen-bond acceptors (Lipinski definition) is 5. The summed E-state index contributed by atoms with van der Waals surface area (Å²) in [4.78, 5) is 38.7. The number of hydrogen-bond donors (Lipinski definition) is 1. The molecule has 1 fully saturated rings. The van der Waals surface area contributed by atoms with Gasteiger partial charge in [0.05, 0.1) is 4.88 Å². The lowest BCUT2D eigenvalue weighted by Gasteiger charge is -2.22. The lowest BCUT2D eigenvalue weighted by molar-refractivity contribution is -0.152. The van der Waals surface area contributed by atoms with E-state index in [1.54, 1.807) is 35.7 Å². The number of halogens is 1. The summed E-state index contributed by atoms with van der Waals surface area (Å²) in [6.07, 6.45) is 1.21. The molecule has 1 aromatic heterocycles. The van der Waals surface area contributed by atoms with Crippen molar-refractivity contribution in [3.8, 4) is 0 Å². The molecule has 142 valence electrons. The maximum absolute atomic E-state index is 13.5. The van der Waals surface area contributed by atoms with Gasteiger partial charge in [-0.05, 0) is 30.4 Å². The molecule has 0 aliphatic carbocycles. The minimum absolute atomic E-state index is 0.00940. The molecule has 8 heteroatoms. The molecular weight excluding hydrogens is 371 g/mol. The van der Waals surface area contributed by atoms with Crippen molar-refractivity contribution >= 4 is 29.1 Å². The summed E-state index contributed by atoms with van der Waals surface area (Å²) >= 11 is 1.32. The van der Waals surface area contributed by atoms with E-state index in [1.165, 1.54) is 22.3 Å². The summed E-state index contributed by atoms with van der Waals surface area (Å²) in [5.74, 6) is -1.74. The van der Waals surface area contributed by atoms with Gasteiger partial charge < -0.3 is 15.0 Å². The van der Waals surface area contributed by atoms with Crippen LogP contribution in [0.3, 0.4) is 0 Å². The number of nitrogens with one attached hydrogen (secondary N) is 1. The normalized spacial score (nSPS) is 16.2. The SMILES string of the molecule is O=C(COC(=O)[C@@H]1CCCN1C(=O)c1cccs1)NCc1ccccc1F. The van der Waals surface area contributed by atoms with Crippen molar-refractivity contribution in [3.63, 3.8) is 0 Å². The van der Waals surface area contributed by atoms with Gasteiger partial charge in [-0.15, -0.1) is 11.3 Å². The molecule has 0 radical (unpaired) electrons. The van der Waals surface area contributed by atoms with Crippen molar-refractivity contribution in [2.75, 3.05) is 13.2 Å². The van der Waals surface area contributed by atoms with E-state index in [9.17, 15) is 18.8 Å². The van der Waals surface area contributed by atoms with Crippen LogP contribution in [0.5, 0.6) is 0 Å². The second kappa shape index (κ2) is 8.77. The molecule has 2 aromatic rings. The zero-order chi connectivity index (χ0) is 19.2. The van der Waals surface area contributed by atoms with Gasteiger partial charge in [-0.3, -0.25) is 9.59 Å². The fourth-order valence-corrected chi connectivity index (χ4v) is 3.60. The van der Waals surface area contributed by atoms with E-state index in [1.807, 2.05) is 0 Å². The lowest BCUT2D eigenvalue weighted by atomic mass is 10.2. The van der Waals surface area contributed by atoms with E-state index in [4.69, 9.17) is 4.74 Å². The fraction of sp³-hybridized carbons (Fsp3) is 0.316. The van der Waals surface area contributed by atoms with Crippen molar-refractivity contribution in [2.45, 2.75) is 25.4 Å². The van der Waals surface area contributed by atoms with Crippen LogP contribution in [-0.4, -0.2) is 41.9 Å². The predicted octanol–water partition coefficient (Wildman–Crippen LogP) is 2.35. The number of amides is 2. The largest absolute Gasteiger partial charge is 0.454 e. The van der Waals surface area contributed by atoms with Crippen LogP contribution >= 0.6 is 11.3 Å². The molecule has 2 heterocycles. The first-order chi connectivity index (χ1) is 13.1. The number of esters is 1. The molecule has 1 aliphatic rings. The maximum atomic E-state index is 13.5. The lowest BCUT2D eigenvalue weighted by Crippen LogP contribution is -2.42. The molecule has 1 N–H and O–H groups in total. The summed E-state index contributed by atoms with van der Waals surface area (Å²) in [6, 6.07) is 8.91. The van der Waals surface area contributed by atoms with Gasteiger partial charge in [0.1, 0.15) is 11.9 Å². The van der Waals surface area contributed by atoms with E-state index in [0.29, 0.717) is 29.8 Å². The summed E-state index contributed by atoms with van der Waals surface area (Å²) < 4.78 is 18.6. The molecule has 0 spiro atoms. The zero-order valence-electron chi connectivity index (χ0n) is 14.5. The number of rotatable bonds is 6. The molecule has 27 heavy (non-hydrogen) atoms. The first-order valence-corrected chi connectivity index (χ1v) is 9.45. The van der Waals surface area contributed by atoms with Gasteiger partial charge in [-0.1, -0.05) is 24.3 Å². The van der Waals surface area contributed by atoms with Crippen molar-refractivity contribution in [3.05, 3.63) is 58.0 Å². The highest BCUT2D eigenvalue weighted by atomic mass is 32.1. The van der Waals surface area contributed by atoms with Crippen LogP contribution in [0.4, 0.5) is 4.39 Å². The average Bonchev–Trinajstić information content (AvgIpc) is 3.36. The van der Waals surface area contributed by atoms with E-state index >= 15 is 0 Å². The highest BCUT2D eigenvalue weighted by Crippen LogP contribution is 2.23. The first kappa shape index (κ1) is 19.0. The number of likely N-dealkylation sites (tertiary alicyclic amines) is 1. The number of nitrogens with zero attached hydrogens (tertiary/aromatic N) is 1. The molecule has 1 atom stereocenters. The van der Waals surface area contributed by atoms with Crippen LogP contribution in [0.15, 0.2) is 41.8 Å². The number of carbonyl (C=O) groups excluding carboxylic acids is 3. The molecule has 2 amide bonds. The van der Waals surface area contributed by atoms with Crippen LogP contribution in [0.1, 0.15) is 28.1 Å². The van der Waals surface area contributed by atoms with Crippen molar-refractivity contribution in [1.29, 1.82) is 0 Å². The van der Waals surface area contributed by atoms with Crippen molar-refractivity contribution in [1.82, 2.24) is 10.2 Å². The smallest absolute Gasteiger partial charge is 0.329 e. The molecule has 1 saturated heterocycles. The van der Waals surface area contributed by atoms with Gasteiger partial charge in [-0.2, -0.15) is 0 Å². The Hall–Kier alpha value is -2.74. The Morgan fingerprint density at radius 3 is 2.78 bits per heavy atom. The van der Waals surface area contributed by atoms with E-state index in [2.05, 4.69) is 5.32 Å². The summed E-state index contributed by atoms with van der Waals surface area (Å²) in [5, 5.41) is 4.31. The monoisotopic (exact) mass is 390 g/mol. The molecule has 0 saturated carbocycles. The Morgan fingerprint density at radius 2 is 2.04 bits per heavy atom. The molecule has 3 rings (SSSR count). The third kappa shape index (κ3) is 4.71. The van der Waals surface area contributed by atoms with Gasteiger partial charge in [0.2, 0.25) is 0 Å². The number of ether oxygens (including phenoxy) is 1. The van der Waals surface area contributed by atoms with Gasteiger partial charge in [0, 0.05) is 18.7 Å². The fourth-order valence-electron chi connectivity index (χ4n) is 2.92. The quantitative estimate of drug-likeness (QED) is 0.769. The number of carbonyl (C=O) groups is 3. The summed E-state index contributed by atoms with van der Waals surface area (Å²) in [5.41, 5.74) is 0.348. The second-order valence-corrected chi connectivity index (χ2v) is 7.06. The van der Waals surface area contributed by atoms with Gasteiger partial charge in [-0.25, -0.2) is 9.18 Å². The minimum atomic E-state index is -0.682. The van der Waals surface area contributed by atoms with Crippen LogP contribution in [0.2, 0.25) is 0 Å². The Kier molecular flexibility index (Phi) is 6.18. The number of benzene rings is 1. The van der Waals surface area contributed by atoms with Gasteiger partial charge in [0.25, 0.3) is 11.8 Å². The van der Waals surface area contributed by atoms with Crippen LogP contribution < -0.4 is 5.32 Å². The predicted molar refractivity (Wildman–Crippen MR) is 97.6 cm³/mol. The van der Waals surface area contributed by atoms with Gasteiger partial charge in [0.15, 0.2) is 6.61 Å². The third-order valence-corrected chi connectivity index (χ3v) is 5.15. The Morgan fingerprint density at radius 1 is 1.22 bits per heavy atom. The van der Waals surface area contributed by atoms with E-state index < -0.39 is 30.3 Å². The second-order valence-electron chi connectivity index (χ2n) is 6.11. The van der Waals surface area contributed by atoms with Gasteiger partial charge >= 0.3 is 5.97 Å². The standard InChI is InChI=1S/C19H19FN2O4S/c20-14-6-2-1-5-13(14)11-21-17(23)12-26-19(25)15-7-3-9-22(15)18(24)16-8-4-10-27-16/h1-2,4-6,8,10,15H,3,7,9,11-12H2,(H,21,23)/t15-/m0/s1. The van der Waals surface area contributed by atoms with Crippen LogP contribution in [0.25, 0.3) is 0 Å². The number of thiophene rings is 1. The highest BCUT2D eigenvalue weighted by Gasteiger charge is 2.36. The Bertz CT molecular complexity index is 825. The molecular formula is C19H19FN2O4S. The van der Waals surface area contributed by atoms with Crippen LogP contribution in [0, 0.1) is 5.82 Å². The Balaban J connectivity index is 1.49. The molecule has 6 nitrogen and oxygen atoms in total. The molecule has 0 bridgehead atoms. The molecule has 0 unspecified atom stereocenters. The molecule has 1 aliphatic heterocycles. The Labute approximate surface area is 159 Å². The summed E-state index contributed by atoms with van der Waals surface area (Å²) in [6.45, 7) is 0.0241.